The van der Waals surface area contributed by atoms with E-state index in [-0.39, 0.29) is 15.4 Å². The summed E-state index contributed by atoms with van der Waals surface area (Å²) in [6, 6.07) is -0.603. The second-order valence-corrected chi connectivity index (χ2v) is 13.6. The van der Waals surface area contributed by atoms with E-state index in [1.54, 1.807) is 0 Å². The van der Waals surface area contributed by atoms with Crippen LogP contribution in [-0.4, -0.2) is 52.4 Å². The molecule has 0 spiro atoms. The molecule has 6 nitrogen and oxygen atoms in total. The normalized spacial score (nSPS) is 28.0. The lowest BCUT2D eigenvalue weighted by Crippen LogP contribution is -2.70. The van der Waals surface area contributed by atoms with Gasteiger partial charge in [0.25, 0.3) is 5.91 Å². The molecule has 0 aromatic heterocycles. The molecular weight excluding hydrogens is 456 g/mol. The van der Waals surface area contributed by atoms with E-state index in [0.29, 0.717) is 17.4 Å². The second-order valence-electron chi connectivity index (χ2n) is 5.82. The average Bonchev–Trinajstić information content (AvgIpc) is 2.41. The molecule has 1 N–H and O–H groups in total. The Morgan fingerprint density at radius 3 is 2.64 bits per heavy atom. The smallest absolute Gasteiger partial charge is 0.341 e. The van der Waals surface area contributed by atoms with Crippen LogP contribution in [0, 0.1) is 0 Å². The van der Waals surface area contributed by atoms with Crippen molar-refractivity contribution in [2.75, 3.05) is 5.33 Å². The monoisotopic (exact) mass is 470 g/mol. The van der Waals surface area contributed by atoms with Gasteiger partial charge in [0, 0.05) is 5.33 Å². The molecule has 3 atom stereocenters. The SMILES string of the molecule is C[Si](C)(C)OC(=O)C1=C(CBr)C(Br)S[C@@H]2C(NC=O)C(=O)N12. The van der Waals surface area contributed by atoms with E-state index in [2.05, 4.69) is 37.2 Å². The molecule has 2 heterocycles. The molecule has 1 fully saturated rings. The molecule has 1 saturated heterocycles. The maximum Gasteiger partial charge on any atom is 0.341 e. The summed E-state index contributed by atoms with van der Waals surface area (Å²) in [5.41, 5.74) is 1.06. The van der Waals surface area contributed by atoms with Crippen LogP contribution < -0.4 is 5.32 Å². The van der Waals surface area contributed by atoms with Crippen LogP contribution in [0.25, 0.3) is 0 Å². The molecule has 0 aromatic carbocycles. The van der Waals surface area contributed by atoms with Gasteiger partial charge >= 0.3 is 5.97 Å². The van der Waals surface area contributed by atoms with Crippen molar-refractivity contribution in [3.05, 3.63) is 11.3 Å². The zero-order valence-corrected chi connectivity index (χ0v) is 17.2. The molecule has 0 aromatic rings. The van der Waals surface area contributed by atoms with Crippen molar-refractivity contribution in [3.8, 4) is 0 Å². The van der Waals surface area contributed by atoms with E-state index in [1.165, 1.54) is 16.7 Å². The van der Waals surface area contributed by atoms with Crippen molar-refractivity contribution >= 4 is 70.2 Å². The van der Waals surface area contributed by atoms with Gasteiger partial charge in [-0.15, -0.1) is 11.8 Å². The van der Waals surface area contributed by atoms with Crippen LogP contribution >= 0.6 is 43.6 Å². The van der Waals surface area contributed by atoms with E-state index >= 15 is 0 Å². The quantitative estimate of drug-likeness (QED) is 0.286. The van der Waals surface area contributed by atoms with Crippen LogP contribution in [0.3, 0.4) is 0 Å². The molecule has 122 valence electrons. The van der Waals surface area contributed by atoms with Gasteiger partial charge in [-0.3, -0.25) is 14.5 Å². The number of carbonyl (C=O) groups is 3. The maximum absolute atomic E-state index is 12.5. The lowest BCUT2D eigenvalue weighted by molar-refractivity contribution is -0.149. The highest BCUT2D eigenvalue weighted by molar-refractivity contribution is 9.11. The summed E-state index contributed by atoms with van der Waals surface area (Å²) in [6.07, 6.45) is 0.507. The third-order valence-corrected chi connectivity index (χ3v) is 6.99. The van der Waals surface area contributed by atoms with Crippen molar-refractivity contribution in [3.63, 3.8) is 0 Å². The number of hydrogen-bond donors (Lipinski definition) is 1. The summed E-state index contributed by atoms with van der Waals surface area (Å²) in [4.78, 5) is 36.9. The Labute approximate surface area is 150 Å². The van der Waals surface area contributed by atoms with Gasteiger partial charge in [-0.05, 0) is 25.2 Å². The van der Waals surface area contributed by atoms with Crippen LogP contribution in [-0.2, 0) is 18.8 Å². The number of carbonyl (C=O) groups excluding carboxylic acids is 3. The predicted octanol–water partition coefficient (Wildman–Crippen LogP) is 1.76. The molecule has 2 aliphatic rings. The molecule has 10 heteroatoms. The summed E-state index contributed by atoms with van der Waals surface area (Å²) in [6.45, 7) is 5.73. The Kier molecular flexibility index (Phi) is 5.45. The van der Waals surface area contributed by atoms with Crippen molar-refractivity contribution in [1.82, 2.24) is 10.2 Å². The number of thioether (sulfide) groups is 1. The number of alkyl halides is 2. The van der Waals surface area contributed by atoms with Crippen LogP contribution in [0.5, 0.6) is 0 Å². The van der Waals surface area contributed by atoms with Gasteiger partial charge in [0.05, 0.1) is 4.16 Å². The predicted molar refractivity (Wildman–Crippen MR) is 94.2 cm³/mol. The Balaban J connectivity index is 2.36. The summed E-state index contributed by atoms with van der Waals surface area (Å²) in [5, 5.41) is 2.66. The first kappa shape index (κ1) is 18.0. The van der Waals surface area contributed by atoms with Crippen LogP contribution in [0.1, 0.15) is 0 Å². The standard InChI is InChI=1S/C12H16Br2N2O4SSi/c1-22(2,3)20-12(19)8-6(4-13)9(14)21-11-7(15-5-17)10(18)16(8)11/h5,7,9,11H,4H2,1-3H3,(H,15,17)/t7?,9?,11-/m1/s1. The number of rotatable bonds is 5. The van der Waals surface area contributed by atoms with Crippen LogP contribution in [0.4, 0.5) is 0 Å². The minimum absolute atomic E-state index is 0.124. The maximum atomic E-state index is 12.5. The fourth-order valence-corrected chi connectivity index (χ4v) is 6.43. The lowest BCUT2D eigenvalue weighted by atomic mass is 10.0. The fraction of sp³-hybridized carbons (Fsp3) is 0.583. The first-order valence-electron chi connectivity index (χ1n) is 6.56. The van der Waals surface area contributed by atoms with E-state index in [9.17, 15) is 14.4 Å². The van der Waals surface area contributed by atoms with Gasteiger partial charge in [-0.2, -0.15) is 0 Å². The first-order chi connectivity index (χ1) is 10.2. The Morgan fingerprint density at radius 2 is 2.14 bits per heavy atom. The molecule has 2 amide bonds. The number of amides is 2. The highest BCUT2D eigenvalue weighted by Crippen LogP contribution is 2.47. The highest BCUT2D eigenvalue weighted by atomic mass is 79.9. The molecule has 0 bridgehead atoms. The summed E-state index contributed by atoms with van der Waals surface area (Å²) < 4.78 is 5.44. The number of β-lactam (4-membered cyclic amide) rings is 1. The third kappa shape index (κ3) is 3.29. The molecule has 0 saturated carbocycles. The van der Waals surface area contributed by atoms with E-state index in [0.717, 1.165) is 5.57 Å². The molecule has 2 unspecified atom stereocenters. The summed E-state index contributed by atoms with van der Waals surface area (Å²) >= 11 is 8.37. The Hall–Kier alpha value is -0.323. The first-order valence-corrected chi connectivity index (χ1v) is 12.9. The van der Waals surface area contributed by atoms with Crippen molar-refractivity contribution in [2.24, 2.45) is 0 Å². The highest BCUT2D eigenvalue weighted by Gasteiger charge is 2.55. The van der Waals surface area contributed by atoms with Crippen LogP contribution in [0.2, 0.25) is 19.6 Å². The Bertz CT molecular complexity index is 552. The Morgan fingerprint density at radius 1 is 1.50 bits per heavy atom. The molecule has 2 rings (SSSR count). The number of fused-ring (bicyclic) bond motifs is 1. The number of nitrogens with one attached hydrogen (secondary N) is 1. The average molecular weight is 472 g/mol. The topological polar surface area (TPSA) is 75.7 Å². The fourth-order valence-electron chi connectivity index (χ4n) is 2.21. The number of hydrogen-bond acceptors (Lipinski definition) is 5. The zero-order valence-electron chi connectivity index (χ0n) is 12.3. The molecule has 0 aliphatic carbocycles. The van der Waals surface area contributed by atoms with Gasteiger partial charge in [0.2, 0.25) is 14.7 Å². The van der Waals surface area contributed by atoms with Gasteiger partial charge in [-0.1, -0.05) is 31.9 Å². The van der Waals surface area contributed by atoms with E-state index in [1.807, 2.05) is 19.6 Å². The lowest BCUT2D eigenvalue weighted by Gasteiger charge is -2.50. The second kappa shape index (κ2) is 6.66. The third-order valence-electron chi connectivity index (χ3n) is 3.10. The summed E-state index contributed by atoms with van der Waals surface area (Å²) in [7, 11) is -2.08. The molecular formula is C12H16Br2N2O4SSi. The number of halogens is 2. The van der Waals surface area contributed by atoms with E-state index < -0.39 is 20.3 Å². The molecule has 0 radical (unpaired) electrons. The van der Waals surface area contributed by atoms with Gasteiger partial charge in [0.15, 0.2) is 0 Å². The number of nitrogens with zero attached hydrogens (tertiary/aromatic N) is 1. The van der Waals surface area contributed by atoms with Crippen molar-refractivity contribution < 1.29 is 18.8 Å². The van der Waals surface area contributed by atoms with Crippen molar-refractivity contribution in [1.29, 1.82) is 0 Å². The minimum Gasteiger partial charge on any atom is -0.515 e. The minimum atomic E-state index is -2.08. The summed E-state index contributed by atoms with van der Waals surface area (Å²) in [5.74, 6) is -0.758. The van der Waals surface area contributed by atoms with Crippen molar-refractivity contribution in [2.45, 2.75) is 35.2 Å². The van der Waals surface area contributed by atoms with Crippen LogP contribution in [0.15, 0.2) is 11.3 Å². The molecule has 2 aliphatic heterocycles. The van der Waals surface area contributed by atoms with E-state index in [4.69, 9.17) is 4.43 Å². The zero-order chi connectivity index (χ0) is 16.7. The van der Waals surface area contributed by atoms with Gasteiger partial charge in [0.1, 0.15) is 17.1 Å². The molecule has 22 heavy (non-hydrogen) atoms. The largest absolute Gasteiger partial charge is 0.515 e. The van der Waals surface area contributed by atoms with Gasteiger partial charge < -0.3 is 9.74 Å². The van der Waals surface area contributed by atoms with Gasteiger partial charge in [-0.25, -0.2) is 4.79 Å².